The van der Waals surface area contributed by atoms with Crippen LogP contribution in [0.15, 0.2) is 23.1 Å². The van der Waals surface area contributed by atoms with E-state index in [0.717, 1.165) is 12.0 Å². The number of nitrogens with zero attached hydrogens (tertiary/aromatic N) is 2. The second-order valence-corrected chi connectivity index (χ2v) is 4.40. The molecule has 2 rings (SSSR count). The molecule has 0 aliphatic heterocycles. The summed E-state index contributed by atoms with van der Waals surface area (Å²) in [6.45, 7) is 2.53. The highest BCUT2D eigenvalue weighted by molar-refractivity contribution is 6.30. The Labute approximate surface area is 110 Å². The van der Waals surface area contributed by atoms with Crippen LogP contribution in [0.5, 0.6) is 0 Å². The molecule has 0 spiro atoms. The van der Waals surface area contributed by atoms with Crippen molar-refractivity contribution >= 4 is 17.2 Å². The maximum absolute atomic E-state index is 12.1. The Morgan fingerprint density at radius 3 is 2.94 bits per heavy atom. The van der Waals surface area contributed by atoms with Crippen LogP contribution in [0, 0.1) is 0 Å². The van der Waals surface area contributed by atoms with E-state index in [1.807, 2.05) is 19.1 Å². The fourth-order valence-corrected chi connectivity index (χ4v) is 2.16. The molecule has 5 heteroatoms. The molecule has 0 aliphatic rings. The maximum atomic E-state index is 12.1. The van der Waals surface area contributed by atoms with Gasteiger partial charge in [0.15, 0.2) is 0 Å². The standard InChI is InChI=1S/C13H15ClN2O2/c1-3-10-12(14)15-11-8-9(5-7-18-2)4-6-16(11)13(10)17/h4,6,8H,3,5,7H2,1-2H3. The lowest BCUT2D eigenvalue weighted by Crippen LogP contribution is -2.20. The van der Waals surface area contributed by atoms with E-state index < -0.39 is 0 Å². The first-order valence-corrected chi connectivity index (χ1v) is 6.23. The van der Waals surface area contributed by atoms with E-state index in [4.69, 9.17) is 16.3 Å². The van der Waals surface area contributed by atoms with Gasteiger partial charge in [0.05, 0.1) is 12.2 Å². The van der Waals surface area contributed by atoms with Crippen molar-refractivity contribution in [3.05, 3.63) is 45.0 Å². The van der Waals surface area contributed by atoms with Crippen LogP contribution in [-0.4, -0.2) is 23.1 Å². The molecule has 0 bridgehead atoms. The Bertz CT molecular complexity index is 622. The van der Waals surface area contributed by atoms with Crippen LogP contribution >= 0.6 is 11.6 Å². The zero-order valence-corrected chi connectivity index (χ0v) is 11.2. The van der Waals surface area contributed by atoms with Gasteiger partial charge in [0.1, 0.15) is 10.8 Å². The van der Waals surface area contributed by atoms with Gasteiger partial charge in [-0.15, -0.1) is 0 Å². The van der Waals surface area contributed by atoms with Crippen molar-refractivity contribution in [3.8, 4) is 0 Å². The lowest BCUT2D eigenvalue weighted by atomic mass is 10.2. The number of ether oxygens (including phenoxy) is 1. The highest BCUT2D eigenvalue weighted by Gasteiger charge is 2.09. The van der Waals surface area contributed by atoms with Gasteiger partial charge in [0, 0.05) is 13.3 Å². The Hall–Kier alpha value is -1.39. The largest absolute Gasteiger partial charge is 0.384 e. The number of pyridine rings is 1. The van der Waals surface area contributed by atoms with Gasteiger partial charge in [-0.1, -0.05) is 18.5 Å². The summed E-state index contributed by atoms with van der Waals surface area (Å²) >= 11 is 6.02. The van der Waals surface area contributed by atoms with Crippen molar-refractivity contribution in [1.82, 2.24) is 9.38 Å². The molecule has 0 unspecified atom stereocenters. The number of methoxy groups -OCH3 is 1. The third-order valence-electron chi connectivity index (χ3n) is 2.89. The monoisotopic (exact) mass is 266 g/mol. The first-order valence-electron chi connectivity index (χ1n) is 5.86. The van der Waals surface area contributed by atoms with Crippen LogP contribution in [0.2, 0.25) is 5.15 Å². The highest BCUT2D eigenvalue weighted by Crippen LogP contribution is 2.12. The molecule has 0 atom stereocenters. The zero-order valence-electron chi connectivity index (χ0n) is 10.4. The molecule has 0 aromatic carbocycles. The summed E-state index contributed by atoms with van der Waals surface area (Å²) in [4.78, 5) is 16.4. The first kappa shape index (κ1) is 13.1. The van der Waals surface area contributed by atoms with Gasteiger partial charge < -0.3 is 4.74 Å². The molecule has 96 valence electrons. The third-order valence-corrected chi connectivity index (χ3v) is 3.20. The molecule has 0 fully saturated rings. The van der Waals surface area contributed by atoms with E-state index in [1.165, 1.54) is 4.40 Å². The number of rotatable bonds is 4. The van der Waals surface area contributed by atoms with Gasteiger partial charge in [0.25, 0.3) is 5.56 Å². The molecular formula is C13H15ClN2O2. The van der Waals surface area contributed by atoms with E-state index in [-0.39, 0.29) is 5.56 Å². The molecule has 4 nitrogen and oxygen atoms in total. The molecule has 2 heterocycles. The topological polar surface area (TPSA) is 43.6 Å². The molecule has 0 saturated carbocycles. The molecule has 0 N–H and O–H groups in total. The van der Waals surface area contributed by atoms with Crippen molar-refractivity contribution in [2.24, 2.45) is 0 Å². The average Bonchev–Trinajstić information content (AvgIpc) is 2.36. The summed E-state index contributed by atoms with van der Waals surface area (Å²) in [5.41, 5.74) is 2.12. The number of hydrogen-bond donors (Lipinski definition) is 0. The van der Waals surface area contributed by atoms with Crippen molar-refractivity contribution < 1.29 is 4.74 Å². The molecular weight excluding hydrogens is 252 g/mol. The van der Waals surface area contributed by atoms with Gasteiger partial charge in [-0.25, -0.2) is 4.98 Å². The predicted octanol–water partition coefficient (Wildman–Crippen LogP) is 2.10. The molecule has 0 amide bonds. The molecule has 18 heavy (non-hydrogen) atoms. The summed E-state index contributed by atoms with van der Waals surface area (Å²) in [5.74, 6) is 0. The quantitative estimate of drug-likeness (QED) is 0.796. The third kappa shape index (κ3) is 2.40. The van der Waals surface area contributed by atoms with Crippen LogP contribution in [0.1, 0.15) is 18.1 Å². The Kier molecular flexibility index (Phi) is 3.99. The summed E-state index contributed by atoms with van der Waals surface area (Å²) in [6, 6.07) is 3.77. The molecule has 2 aromatic rings. The van der Waals surface area contributed by atoms with Crippen molar-refractivity contribution in [1.29, 1.82) is 0 Å². The smallest absolute Gasteiger partial charge is 0.262 e. The van der Waals surface area contributed by atoms with Crippen LogP contribution in [0.4, 0.5) is 0 Å². The molecule has 0 saturated heterocycles. The van der Waals surface area contributed by atoms with E-state index in [2.05, 4.69) is 4.98 Å². The predicted molar refractivity (Wildman–Crippen MR) is 71.4 cm³/mol. The Morgan fingerprint density at radius 2 is 2.28 bits per heavy atom. The Morgan fingerprint density at radius 1 is 1.50 bits per heavy atom. The molecule has 2 aromatic heterocycles. The van der Waals surface area contributed by atoms with Crippen LogP contribution in [0.3, 0.4) is 0 Å². The van der Waals surface area contributed by atoms with Crippen LogP contribution < -0.4 is 5.56 Å². The number of fused-ring (bicyclic) bond motifs is 1. The van der Waals surface area contributed by atoms with Gasteiger partial charge >= 0.3 is 0 Å². The van der Waals surface area contributed by atoms with Crippen molar-refractivity contribution in [3.63, 3.8) is 0 Å². The summed E-state index contributed by atoms with van der Waals surface area (Å²) in [6.07, 6.45) is 3.11. The minimum absolute atomic E-state index is 0.0919. The van der Waals surface area contributed by atoms with Crippen molar-refractivity contribution in [2.45, 2.75) is 19.8 Å². The lowest BCUT2D eigenvalue weighted by Gasteiger charge is -2.07. The molecule has 0 aliphatic carbocycles. The summed E-state index contributed by atoms with van der Waals surface area (Å²) in [7, 11) is 1.66. The minimum atomic E-state index is -0.0919. The van der Waals surface area contributed by atoms with Crippen molar-refractivity contribution in [2.75, 3.05) is 13.7 Å². The number of hydrogen-bond acceptors (Lipinski definition) is 3. The highest BCUT2D eigenvalue weighted by atomic mass is 35.5. The van der Waals surface area contributed by atoms with E-state index in [9.17, 15) is 4.79 Å². The fraction of sp³-hybridized carbons (Fsp3) is 0.385. The second kappa shape index (κ2) is 5.50. The zero-order chi connectivity index (χ0) is 13.1. The average molecular weight is 267 g/mol. The normalized spacial score (nSPS) is 11.1. The summed E-state index contributed by atoms with van der Waals surface area (Å²) in [5, 5.41) is 0.298. The Balaban J connectivity index is 2.55. The fourth-order valence-electron chi connectivity index (χ4n) is 1.86. The van der Waals surface area contributed by atoms with E-state index in [1.54, 1.807) is 13.3 Å². The van der Waals surface area contributed by atoms with Crippen LogP contribution in [-0.2, 0) is 17.6 Å². The SMILES string of the molecule is CCc1c(Cl)nc2cc(CCOC)ccn2c1=O. The molecule has 0 radical (unpaired) electrons. The maximum Gasteiger partial charge on any atom is 0.262 e. The van der Waals surface area contributed by atoms with Gasteiger partial charge in [-0.3, -0.25) is 9.20 Å². The van der Waals surface area contributed by atoms with Gasteiger partial charge in [-0.2, -0.15) is 0 Å². The first-order chi connectivity index (χ1) is 8.67. The lowest BCUT2D eigenvalue weighted by molar-refractivity contribution is 0.202. The second-order valence-electron chi connectivity index (χ2n) is 4.05. The van der Waals surface area contributed by atoms with Gasteiger partial charge in [-0.05, 0) is 30.5 Å². The minimum Gasteiger partial charge on any atom is -0.384 e. The number of aromatic nitrogens is 2. The number of halogens is 1. The van der Waals surface area contributed by atoms with E-state index >= 15 is 0 Å². The van der Waals surface area contributed by atoms with Crippen LogP contribution in [0.25, 0.3) is 5.65 Å². The summed E-state index contributed by atoms with van der Waals surface area (Å²) < 4.78 is 6.56. The van der Waals surface area contributed by atoms with Gasteiger partial charge in [0.2, 0.25) is 0 Å². The van der Waals surface area contributed by atoms with E-state index in [0.29, 0.717) is 29.4 Å².